The summed E-state index contributed by atoms with van der Waals surface area (Å²) in [5.74, 6) is -12.6. The van der Waals surface area contributed by atoms with E-state index in [4.69, 9.17) is 22.9 Å². The Hall–Kier alpha value is -7.86. The third kappa shape index (κ3) is 26.3. The molecule has 0 unspecified atom stereocenters. The number of nitrogens with one attached hydrogen (secondary N) is 10. The van der Waals surface area contributed by atoms with Crippen LogP contribution in [-0.4, -0.2) is 238 Å². The molecule has 1 aromatic rings. The van der Waals surface area contributed by atoms with E-state index in [2.05, 4.69) is 83.4 Å². The van der Waals surface area contributed by atoms with Crippen LogP contribution in [0.3, 0.4) is 0 Å². The standard InChI is InChI=1S/C60H99N17O16S2/c1-6-32(3)46(55(88)72-41(31-95)53(86)70-39(59(92)93)26-35-16-9-8-10-17-35)74-54(87)42-20-14-24-76(42)57(90)43-21-15-25-77(43)58(91)47(33(4)7-2)75-52(85)40(29-78)71-51(84)38(18-11-12-22-61)69-56(89)48(34(5)79)73-45(81)28-67-50(83)37(19-13-23-65-60(63)64)68-44(80)27-66-49(82)36(62)30-94/h8-10,16-17,32-34,36-43,46-48,78-79,94-95H,6-7,11-15,18-31,61-62H2,1-5H3,(H,66,82)(H,67,83)(H,68,80)(H,69,89)(H,70,86)(H,71,84)(H,72,88)(H,73,81)(H,74,87)(H,75,85)(H,92,93)(H4,63,64,65)/t32-,33-,34+,36-,37-,38-,39-,40-,41-,42-,43-,46-,47-,48-/m0/s1. The van der Waals surface area contributed by atoms with Crippen molar-refractivity contribution in [3.05, 3.63) is 35.9 Å². The maximum atomic E-state index is 14.7. The predicted octanol–water partition coefficient (Wildman–Crippen LogP) is -5.76. The van der Waals surface area contributed by atoms with Crippen molar-refractivity contribution in [3.8, 4) is 0 Å². The van der Waals surface area contributed by atoms with Gasteiger partial charge in [-0.05, 0) is 88.7 Å². The van der Waals surface area contributed by atoms with Crippen LogP contribution in [-0.2, 0) is 68.7 Å². The van der Waals surface area contributed by atoms with Gasteiger partial charge in [-0.3, -0.25) is 62.5 Å². The minimum Gasteiger partial charge on any atom is -0.480 e. The van der Waals surface area contributed by atoms with Gasteiger partial charge in [0.05, 0.1) is 31.8 Å². The summed E-state index contributed by atoms with van der Waals surface area (Å²) in [6, 6.07) is -5.88. The largest absolute Gasteiger partial charge is 0.480 e. The van der Waals surface area contributed by atoms with E-state index in [1.54, 1.807) is 58.0 Å². The zero-order valence-electron chi connectivity index (χ0n) is 54.5. The number of carbonyl (C=O) groups is 13. The molecule has 0 radical (unpaired) electrons. The molecule has 2 aliphatic heterocycles. The minimum atomic E-state index is -1.74. The number of nitrogens with two attached hydrogens (primary N) is 4. The van der Waals surface area contributed by atoms with E-state index in [1.165, 1.54) is 9.80 Å². The van der Waals surface area contributed by atoms with Crippen molar-refractivity contribution < 1.29 is 77.6 Å². The lowest BCUT2D eigenvalue weighted by molar-refractivity contribution is -0.149. The number of aliphatic carboxylic acids is 1. The molecule has 14 atom stereocenters. The average Bonchev–Trinajstić information content (AvgIpc) is 1.07. The summed E-state index contributed by atoms with van der Waals surface area (Å²) < 4.78 is 0. The van der Waals surface area contributed by atoms with Crippen molar-refractivity contribution in [1.82, 2.24) is 63.0 Å². The zero-order valence-corrected chi connectivity index (χ0v) is 56.3. The van der Waals surface area contributed by atoms with E-state index in [1.807, 2.05) is 0 Å². The first kappa shape index (κ1) is 81.4. The summed E-state index contributed by atoms with van der Waals surface area (Å²) in [5, 5.41) is 55.9. The lowest BCUT2D eigenvalue weighted by atomic mass is 9.96. The fraction of sp³-hybridized carbons (Fsp3) is 0.667. The first-order valence-corrected chi connectivity index (χ1v) is 33.2. The highest BCUT2D eigenvalue weighted by molar-refractivity contribution is 7.80. The van der Waals surface area contributed by atoms with Gasteiger partial charge in [0, 0.05) is 37.6 Å². The fourth-order valence-electron chi connectivity index (χ4n) is 10.4. The summed E-state index contributed by atoms with van der Waals surface area (Å²) in [6.45, 7) is 6.23. The van der Waals surface area contributed by atoms with Crippen molar-refractivity contribution in [2.45, 2.75) is 184 Å². The SMILES string of the molecule is CC[C@H](C)[C@H](NC(=O)[C@@H]1CCCN1C(=O)[C@@H]1CCCN1C(=O)[C@@H](NC(=O)[C@H](CO)NC(=O)[C@H](CCCCN)NC(=O)[C@@H](NC(=O)CNC(=O)[C@H](CCCN=C(N)N)NC(=O)CNC(=O)[C@@H](N)CS)[C@@H](C)O)[C@@H](C)CC)C(=O)N[C@@H](CS)C(=O)N[C@@H](Cc1ccccc1)C(=O)O. The number of thiol groups is 2. The summed E-state index contributed by atoms with van der Waals surface area (Å²) >= 11 is 8.20. The Morgan fingerprint density at radius 1 is 0.600 bits per heavy atom. The molecule has 0 aromatic heterocycles. The number of likely N-dealkylation sites (tertiary alicyclic amines) is 2. The Balaban J connectivity index is 1.74. The van der Waals surface area contributed by atoms with Gasteiger partial charge in [-0.2, -0.15) is 25.3 Å². The Morgan fingerprint density at radius 2 is 1.13 bits per heavy atom. The molecule has 2 fully saturated rings. The molecule has 12 amide bonds. The van der Waals surface area contributed by atoms with Crippen LogP contribution in [0.5, 0.6) is 0 Å². The van der Waals surface area contributed by atoms with Crippen LogP contribution in [0.1, 0.15) is 111 Å². The Labute approximate surface area is 563 Å². The quantitative estimate of drug-likeness (QED) is 0.0126. The van der Waals surface area contributed by atoms with Gasteiger partial charge < -0.3 is 101 Å². The number of carboxylic acid groups (broad SMARTS) is 1. The van der Waals surface area contributed by atoms with Crippen LogP contribution >= 0.6 is 25.3 Å². The second kappa shape index (κ2) is 41.9. The molecule has 2 aliphatic rings. The second-order valence-electron chi connectivity index (χ2n) is 23.6. The second-order valence-corrected chi connectivity index (χ2v) is 24.4. The van der Waals surface area contributed by atoms with Gasteiger partial charge in [0.2, 0.25) is 70.9 Å². The number of aliphatic hydroxyl groups is 2. The molecule has 95 heavy (non-hydrogen) atoms. The van der Waals surface area contributed by atoms with E-state index in [-0.39, 0.29) is 88.6 Å². The molecule has 1 aromatic carbocycles. The Morgan fingerprint density at radius 3 is 1.71 bits per heavy atom. The number of amides is 12. The van der Waals surface area contributed by atoms with E-state index >= 15 is 0 Å². The monoisotopic (exact) mass is 1380 g/mol. The van der Waals surface area contributed by atoms with E-state index in [0.717, 1.165) is 6.92 Å². The van der Waals surface area contributed by atoms with Crippen LogP contribution in [0.2, 0.25) is 0 Å². The Kier molecular flexibility index (Phi) is 35.9. The smallest absolute Gasteiger partial charge is 0.326 e. The highest BCUT2D eigenvalue weighted by Crippen LogP contribution is 2.27. The number of carbonyl (C=O) groups excluding carboxylic acids is 12. The van der Waals surface area contributed by atoms with Crippen molar-refractivity contribution in [2.24, 2.45) is 39.8 Å². The van der Waals surface area contributed by atoms with Gasteiger partial charge in [0.25, 0.3) is 0 Å². The Bertz CT molecular complexity index is 2810. The van der Waals surface area contributed by atoms with Crippen LogP contribution < -0.4 is 76.1 Å². The molecular formula is C60H99N17O16S2. The van der Waals surface area contributed by atoms with E-state index in [0.29, 0.717) is 37.7 Å². The molecule has 2 heterocycles. The minimum absolute atomic E-state index is 0.00486. The number of guanidine groups is 1. The molecule has 35 heteroatoms. The van der Waals surface area contributed by atoms with Gasteiger partial charge in [0.1, 0.15) is 60.4 Å². The maximum Gasteiger partial charge on any atom is 0.326 e. The van der Waals surface area contributed by atoms with Gasteiger partial charge in [0.15, 0.2) is 5.96 Å². The van der Waals surface area contributed by atoms with Gasteiger partial charge in [-0.25, -0.2) is 4.79 Å². The van der Waals surface area contributed by atoms with E-state index < -0.39 is 181 Å². The van der Waals surface area contributed by atoms with Gasteiger partial charge in [-0.1, -0.05) is 70.9 Å². The molecule has 0 spiro atoms. The molecule has 33 nitrogen and oxygen atoms in total. The first-order valence-electron chi connectivity index (χ1n) is 31.9. The molecule has 0 aliphatic carbocycles. The third-order valence-corrected chi connectivity index (χ3v) is 17.2. The number of aliphatic imine (C=N–C) groups is 1. The average molecular weight is 1380 g/mol. The normalized spacial score (nSPS) is 18.1. The number of aliphatic hydroxyl groups excluding tert-OH is 2. The maximum absolute atomic E-state index is 14.7. The number of hydrogen-bond donors (Lipinski definition) is 19. The molecular weight excluding hydrogens is 1280 g/mol. The van der Waals surface area contributed by atoms with Crippen molar-refractivity contribution in [1.29, 1.82) is 0 Å². The van der Waals surface area contributed by atoms with Gasteiger partial charge in [-0.15, -0.1) is 0 Å². The number of carboxylic acids is 1. The molecule has 532 valence electrons. The highest BCUT2D eigenvalue weighted by Gasteiger charge is 2.46. The lowest BCUT2D eigenvalue weighted by Crippen LogP contribution is -2.62. The van der Waals surface area contributed by atoms with Crippen molar-refractivity contribution >= 4 is 108 Å². The predicted molar refractivity (Wildman–Crippen MR) is 355 cm³/mol. The van der Waals surface area contributed by atoms with Crippen LogP contribution in [0, 0.1) is 11.8 Å². The van der Waals surface area contributed by atoms with Gasteiger partial charge >= 0.3 is 5.97 Å². The van der Waals surface area contributed by atoms with Crippen LogP contribution in [0.25, 0.3) is 0 Å². The number of rotatable bonds is 41. The fourth-order valence-corrected chi connectivity index (χ4v) is 10.9. The molecule has 0 bridgehead atoms. The van der Waals surface area contributed by atoms with E-state index in [9.17, 15) is 77.6 Å². The van der Waals surface area contributed by atoms with Crippen molar-refractivity contribution in [2.75, 3.05) is 57.4 Å². The number of unbranched alkanes of at least 4 members (excludes halogenated alkanes) is 1. The number of nitrogens with zero attached hydrogens (tertiary/aromatic N) is 3. The summed E-state index contributed by atoms with van der Waals surface area (Å²) in [4.78, 5) is 183. The molecule has 2 saturated heterocycles. The summed E-state index contributed by atoms with van der Waals surface area (Å²) in [5.41, 5.74) is 22.8. The van der Waals surface area contributed by atoms with Crippen molar-refractivity contribution in [3.63, 3.8) is 0 Å². The number of hydrogen-bond acceptors (Lipinski definition) is 20. The molecule has 3 rings (SSSR count). The number of benzene rings is 1. The third-order valence-electron chi connectivity index (χ3n) is 16.4. The summed E-state index contributed by atoms with van der Waals surface area (Å²) in [7, 11) is 0. The lowest BCUT2D eigenvalue weighted by Gasteiger charge is -2.35. The summed E-state index contributed by atoms with van der Waals surface area (Å²) in [6.07, 6.45) is 0.922. The topological polar surface area (TPSA) is 526 Å². The molecule has 0 saturated carbocycles. The van der Waals surface area contributed by atoms with Crippen LogP contribution in [0.4, 0.5) is 0 Å². The highest BCUT2D eigenvalue weighted by atomic mass is 32.1. The molecule has 21 N–H and O–H groups in total. The first-order chi connectivity index (χ1) is 45.1. The zero-order chi connectivity index (χ0) is 71.1. The van der Waals surface area contributed by atoms with Crippen LogP contribution in [0.15, 0.2) is 35.3 Å².